The standard InChI is InChI=1S/C34H39NO2/c36-33-29-18-8-14-26-15-9-19-30(31(26)29)34(37)35(33)32-27(22-20-24-10-3-1-4-11-24)16-7-17-28(32)23-21-25-12-5-2-6-13-25/h7-9,14-19,24-25H,1-6,10-13,20-23H2. The van der Waals surface area contributed by atoms with Crippen LogP contribution in [-0.4, -0.2) is 11.8 Å². The number of para-hydroxylation sites is 1. The highest BCUT2D eigenvalue weighted by molar-refractivity contribution is 6.36. The van der Waals surface area contributed by atoms with Crippen molar-refractivity contribution in [1.82, 2.24) is 0 Å². The van der Waals surface area contributed by atoms with Crippen molar-refractivity contribution >= 4 is 28.3 Å². The molecule has 2 amide bonds. The summed E-state index contributed by atoms with van der Waals surface area (Å²) >= 11 is 0. The Balaban J connectivity index is 1.38. The molecule has 0 spiro atoms. The van der Waals surface area contributed by atoms with Gasteiger partial charge in [0.2, 0.25) is 0 Å². The molecule has 2 saturated carbocycles. The van der Waals surface area contributed by atoms with Crippen LogP contribution in [0.4, 0.5) is 5.69 Å². The highest BCUT2D eigenvalue weighted by Crippen LogP contribution is 2.39. The van der Waals surface area contributed by atoms with Crippen molar-refractivity contribution in [2.45, 2.75) is 89.9 Å². The zero-order chi connectivity index (χ0) is 25.2. The summed E-state index contributed by atoms with van der Waals surface area (Å²) in [7, 11) is 0. The average molecular weight is 494 g/mol. The molecule has 0 aromatic heterocycles. The van der Waals surface area contributed by atoms with Crippen LogP contribution in [0.1, 0.15) is 109 Å². The zero-order valence-corrected chi connectivity index (χ0v) is 22.0. The fourth-order valence-electron chi connectivity index (χ4n) is 7.24. The third kappa shape index (κ3) is 4.85. The van der Waals surface area contributed by atoms with E-state index < -0.39 is 0 Å². The monoisotopic (exact) mass is 493 g/mol. The molecule has 1 aliphatic heterocycles. The van der Waals surface area contributed by atoms with Gasteiger partial charge in [0, 0.05) is 16.5 Å². The van der Waals surface area contributed by atoms with Crippen molar-refractivity contribution in [2.24, 2.45) is 11.8 Å². The zero-order valence-electron chi connectivity index (χ0n) is 22.0. The predicted octanol–water partition coefficient (Wildman–Crippen LogP) is 8.67. The van der Waals surface area contributed by atoms with Gasteiger partial charge in [0.1, 0.15) is 0 Å². The lowest BCUT2D eigenvalue weighted by molar-refractivity contribution is 0.0893. The van der Waals surface area contributed by atoms with Gasteiger partial charge >= 0.3 is 0 Å². The molecule has 1 heterocycles. The molecule has 2 fully saturated rings. The SMILES string of the molecule is O=C1c2cccc3cccc(c23)C(=O)N1c1c(CCC2CCCCC2)cccc1CCC1CCCCC1. The Labute approximate surface area is 221 Å². The maximum absolute atomic E-state index is 14.0. The van der Waals surface area contributed by atoms with Crippen LogP contribution < -0.4 is 4.90 Å². The van der Waals surface area contributed by atoms with E-state index in [1.54, 1.807) is 4.90 Å². The quantitative estimate of drug-likeness (QED) is 0.309. The second-order valence-corrected chi connectivity index (χ2v) is 11.7. The van der Waals surface area contributed by atoms with Crippen LogP contribution >= 0.6 is 0 Å². The molecule has 3 aliphatic rings. The van der Waals surface area contributed by atoms with Crippen LogP contribution in [0.3, 0.4) is 0 Å². The lowest BCUT2D eigenvalue weighted by Crippen LogP contribution is -2.41. The minimum Gasteiger partial charge on any atom is -0.268 e. The molecule has 2 aliphatic carbocycles. The van der Waals surface area contributed by atoms with E-state index in [1.807, 2.05) is 36.4 Å². The van der Waals surface area contributed by atoms with Crippen LogP contribution in [0.25, 0.3) is 10.8 Å². The first-order valence-corrected chi connectivity index (χ1v) is 14.7. The van der Waals surface area contributed by atoms with Gasteiger partial charge in [-0.25, -0.2) is 4.90 Å². The Hall–Kier alpha value is -2.94. The lowest BCUT2D eigenvalue weighted by Gasteiger charge is -2.31. The number of hydrogen-bond acceptors (Lipinski definition) is 2. The van der Waals surface area contributed by atoms with Gasteiger partial charge in [-0.05, 0) is 66.2 Å². The van der Waals surface area contributed by atoms with Crippen LogP contribution in [0, 0.1) is 11.8 Å². The molecule has 0 bridgehead atoms. The molecule has 6 rings (SSSR count). The van der Waals surface area contributed by atoms with Gasteiger partial charge in [-0.15, -0.1) is 0 Å². The number of amides is 2. The van der Waals surface area contributed by atoms with Gasteiger partial charge in [-0.1, -0.05) is 107 Å². The number of imide groups is 1. The van der Waals surface area contributed by atoms with E-state index in [-0.39, 0.29) is 11.8 Å². The molecular weight excluding hydrogens is 454 g/mol. The molecule has 3 aromatic carbocycles. The normalized spacial score (nSPS) is 19.1. The number of nitrogens with zero attached hydrogens (tertiary/aromatic N) is 1. The van der Waals surface area contributed by atoms with Crippen molar-refractivity contribution in [3.05, 3.63) is 76.9 Å². The molecule has 3 aromatic rings. The summed E-state index contributed by atoms with van der Waals surface area (Å²) in [6, 6.07) is 18.1. The molecule has 3 heteroatoms. The van der Waals surface area contributed by atoms with Crippen LogP contribution in [0.15, 0.2) is 54.6 Å². The number of benzene rings is 3. The van der Waals surface area contributed by atoms with Crippen LogP contribution in [0.5, 0.6) is 0 Å². The van der Waals surface area contributed by atoms with Crippen molar-refractivity contribution in [1.29, 1.82) is 0 Å². The summed E-state index contributed by atoms with van der Waals surface area (Å²) in [5.74, 6) is 1.18. The van der Waals surface area contributed by atoms with Crippen molar-refractivity contribution < 1.29 is 9.59 Å². The molecule has 0 radical (unpaired) electrons. The van der Waals surface area contributed by atoms with Gasteiger partial charge in [-0.3, -0.25) is 9.59 Å². The van der Waals surface area contributed by atoms with E-state index in [0.717, 1.165) is 54.0 Å². The highest BCUT2D eigenvalue weighted by atomic mass is 16.2. The van der Waals surface area contributed by atoms with Crippen molar-refractivity contribution in [3.63, 3.8) is 0 Å². The molecule has 0 N–H and O–H groups in total. The van der Waals surface area contributed by atoms with E-state index >= 15 is 0 Å². The second kappa shape index (κ2) is 10.8. The van der Waals surface area contributed by atoms with Crippen molar-refractivity contribution in [3.8, 4) is 0 Å². The molecule has 3 nitrogen and oxygen atoms in total. The third-order valence-corrected chi connectivity index (χ3v) is 9.29. The number of carbonyl (C=O) groups excluding carboxylic acids is 2. The lowest BCUT2D eigenvalue weighted by atomic mass is 9.83. The van der Waals surface area contributed by atoms with E-state index in [0.29, 0.717) is 11.1 Å². The summed E-state index contributed by atoms with van der Waals surface area (Å²) in [5.41, 5.74) is 4.51. The minimum atomic E-state index is -0.168. The highest BCUT2D eigenvalue weighted by Gasteiger charge is 2.36. The second-order valence-electron chi connectivity index (χ2n) is 11.7. The summed E-state index contributed by atoms with van der Waals surface area (Å²) in [6.07, 6.45) is 17.5. The van der Waals surface area contributed by atoms with Gasteiger partial charge < -0.3 is 0 Å². The molecule has 0 unspecified atom stereocenters. The Morgan fingerprint density at radius 1 is 0.595 bits per heavy atom. The fourth-order valence-corrected chi connectivity index (χ4v) is 7.24. The third-order valence-electron chi connectivity index (χ3n) is 9.29. The molecular formula is C34H39NO2. The molecule has 192 valence electrons. The first kappa shape index (κ1) is 24.4. The Kier molecular flexibility index (Phi) is 7.13. The van der Waals surface area contributed by atoms with Gasteiger partial charge in [0.05, 0.1) is 5.69 Å². The topological polar surface area (TPSA) is 37.4 Å². The number of hydrogen-bond donors (Lipinski definition) is 0. The Morgan fingerprint density at radius 3 is 1.54 bits per heavy atom. The van der Waals surface area contributed by atoms with Crippen LogP contribution in [0.2, 0.25) is 0 Å². The first-order chi connectivity index (χ1) is 18.2. The summed E-state index contributed by atoms with van der Waals surface area (Å²) < 4.78 is 0. The molecule has 0 atom stereocenters. The molecule has 0 saturated heterocycles. The summed E-state index contributed by atoms with van der Waals surface area (Å²) in [4.78, 5) is 29.6. The van der Waals surface area contributed by atoms with Gasteiger partial charge in [-0.2, -0.15) is 0 Å². The fraction of sp³-hybridized carbons (Fsp3) is 0.471. The van der Waals surface area contributed by atoms with E-state index in [9.17, 15) is 9.59 Å². The maximum atomic E-state index is 14.0. The first-order valence-electron chi connectivity index (χ1n) is 14.7. The average Bonchev–Trinajstić information content (AvgIpc) is 2.95. The molecule has 37 heavy (non-hydrogen) atoms. The largest absolute Gasteiger partial charge is 0.268 e. The van der Waals surface area contributed by atoms with Crippen molar-refractivity contribution in [2.75, 3.05) is 4.90 Å². The van der Waals surface area contributed by atoms with Gasteiger partial charge in [0.25, 0.3) is 11.8 Å². The van der Waals surface area contributed by atoms with Crippen LogP contribution in [-0.2, 0) is 12.8 Å². The van der Waals surface area contributed by atoms with E-state index in [1.165, 1.54) is 75.3 Å². The summed E-state index contributed by atoms with van der Waals surface area (Å²) in [6.45, 7) is 0. The Morgan fingerprint density at radius 2 is 1.05 bits per heavy atom. The Bertz CT molecular complexity index is 1210. The number of rotatable bonds is 7. The van der Waals surface area contributed by atoms with E-state index in [4.69, 9.17) is 0 Å². The minimum absolute atomic E-state index is 0.168. The maximum Gasteiger partial charge on any atom is 0.266 e. The predicted molar refractivity (Wildman–Crippen MR) is 151 cm³/mol. The van der Waals surface area contributed by atoms with E-state index in [2.05, 4.69) is 18.2 Å². The summed E-state index contributed by atoms with van der Waals surface area (Å²) in [5, 5.41) is 1.76. The number of anilines is 1. The smallest absolute Gasteiger partial charge is 0.266 e. The number of aryl methyl sites for hydroxylation is 2. The number of carbonyl (C=O) groups is 2. The van der Waals surface area contributed by atoms with Gasteiger partial charge in [0.15, 0.2) is 0 Å².